The molecule has 11 nitrogen and oxygen atoms in total. The van der Waals surface area contributed by atoms with Gasteiger partial charge in [0.2, 0.25) is 5.91 Å². The number of carbonyl (C=O) groups is 2. The van der Waals surface area contributed by atoms with Crippen molar-refractivity contribution in [3.63, 3.8) is 0 Å². The van der Waals surface area contributed by atoms with Crippen molar-refractivity contribution >= 4 is 11.9 Å². The number of allylic oxidation sites excluding steroid dienone is 5. The van der Waals surface area contributed by atoms with Crippen molar-refractivity contribution in [2.75, 3.05) is 13.2 Å². The van der Waals surface area contributed by atoms with Gasteiger partial charge in [-0.05, 0) is 57.8 Å². The molecule has 0 aromatic rings. The molecule has 0 bridgehead atoms. The first-order valence-electron chi connectivity index (χ1n) is 35.8. The second-order valence-corrected chi connectivity index (χ2v) is 25.0. The molecule has 488 valence electrons. The Kier molecular flexibility index (Phi) is 57.2. The number of unbranched alkanes of at least 4 members (excludes halogenated alkanes) is 44. The Morgan fingerprint density at radius 1 is 0.470 bits per heavy atom. The first-order valence-corrected chi connectivity index (χ1v) is 35.8. The van der Waals surface area contributed by atoms with Crippen LogP contribution in [0, 0.1) is 0 Å². The van der Waals surface area contributed by atoms with Crippen molar-refractivity contribution in [2.24, 2.45) is 0 Å². The van der Waals surface area contributed by atoms with Crippen LogP contribution in [-0.4, -0.2) is 99.6 Å². The fourth-order valence-electron chi connectivity index (χ4n) is 11.4. The van der Waals surface area contributed by atoms with Crippen LogP contribution in [0.15, 0.2) is 36.5 Å². The van der Waals surface area contributed by atoms with Gasteiger partial charge in [0.1, 0.15) is 24.4 Å². The number of amides is 1. The Balaban J connectivity index is 2.50. The quantitative estimate of drug-likeness (QED) is 0.0195. The highest BCUT2D eigenvalue weighted by molar-refractivity contribution is 5.80. The van der Waals surface area contributed by atoms with E-state index in [0.29, 0.717) is 19.3 Å². The molecule has 0 spiro atoms. The largest absolute Gasteiger partial charge is 0.454 e. The topological polar surface area (TPSA) is 175 Å². The van der Waals surface area contributed by atoms with Crippen LogP contribution in [0.3, 0.4) is 0 Å². The first kappa shape index (κ1) is 78.9. The Morgan fingerprint density at radius 2 is 0.831 bits per heavy atom. The van der Waals surface area contributed by atoms with E-state index < -0.39 is 67.4 Å². The summed E-state index contributed by atoms with van der Waals surface area (Å²) in [6.07, 6.45) is 63.4. The van der Waals surface area contributed by atoms with Crippen LogP contribution in [0.5, 0.6) is 0 Å². The van der Waals surface area contributed by atoms with E-state index in [1.54, 1.807) is 6.08 Å². The molecule has 0 radical (unpaired) electrons. The van der Waals surface area contributed by atoms with Crippen LogP contribution in [0.1, 0.15) is 348 Å². The molecule has 1 heterocycles. The molecule has 1 fully saturated rings. The van der Waals surface area contributed by atoms with Crippen LogP contribution < -0.4 is 5.32 Å². The van der Waals surface area contributed by atoms with E-state index in [-0.39, 0.29) is 13.0 Å². The Bertz CT molecular complexity index is 1490. The second kappa shape index (κ2) is 60.2. The van der Waals surface area contributed by atoms with E-state index >= 15 is 0 Å². The summed E-state index contributed by atoms with van der Waals surface area (Å²) >= 11 is 0. The number of ether oxygens (including phenoxy) is 3. The molecule has 8 atom stereocenters. The molecule has 0 aromatic heterocycles. The van der Waals surface area contributed by atoms with Crippen molar-refractivity contribution in [1.82, 2.24) is 5.32 Å². The fraction of sp³-hybridized carbons (Fsp3) is 0.889. The molecule has 8 unspecified atom stereocenters. The predicted octanol–water partition coefficient (Wildman–Crippen LogP) is 18.2. The number of nitrogens with one attached hydrogen (secondary N) is 1. The normalized spacial score (nSPS) is 18.7. The molecule has 1 aliphatic rings. The summed E-state index contributed by atoms with van der Waals surface area (Å²) in [4.78, 5) is 26.6. The first-order chi connectivity index (χ1) is 40.7. The predicted molar refractivity (Wildman–Crippen MR) is 347 cm³/mol. The Hall–Kier alpha value is -2.12. The van der Waals surface area contributed by atoms with Gasteiger partial charge in [0.25, 0.3) is 0 Å². The lowest BCUT2D eigenvalue weighted by Gasteiger charge is -2.41. The van der Waals surface area contributed by atoms with Crippen LogP contribution >= 0.6 is 0 Å². The molecule has 0 aromatic carbocycles. The van der Waals surface area contributed by atoms with Crippen molar-refractivity contribution in [2.45, 2.75) is 397 Å². The van der Waals surface area contributed by atoms with Crippen molar-refractivity contribution in [3.8, 4) is 0 Å². The van der Waals surface area contributed by atoms with Gasteiger partial charge in [0.05, 0.1) is 25.4 Å². The van der Waals surface area contributed by atoms with Gasteiger partial charge in [-0.1, -0.05) is 320 Å². The van der Waals surface area contributed by atoms with Crippen LogP contribution in [-0.2, 0) is 23.8 Å². The molecule has 0 saturated carbocycles. The van der Waals surface area contributed by atoms with E-state index in [0.717, 1.165) is 64.2 Å². The maximum Gasteiger partial charge on any atom is 0.306 e. The van der Waals surface area contributed by atoms with Crippen molar-refractivity contribution < 1.29 is 49.3 Å². The zero-order valence-corrected chi connectivity index (χ0v) is 54.3. The third-order valence-corrected chi connectivity index (χ3v) is 17.0. The number of hydrogen-bond acceptors (Lipinski definition) is 10. The molecule has 6 N–H and O–H groups in total. The van der Waals surface area contributed by atoms with Crippen molar-refractivity contribution in [3.05, 3.63) is 36.5 Å². The van der Waals surface area contributed by atoms with Crippen LogP contribution in [0.2, 0.25) is 0 Å². The molecule has 1 aliphatic heterocycles. The van der Waals surface area contributed by atoms with E-state index in [2.05, 4.69) is 50.4 Å². The lowest BCUT2D eigenvalue weighted by molar-refractivity contribution is -0.305. The molecule has 1 amide bonds. The number of rotatable bonds is 62. The minimum atomic E-state index is -1.61. The standard InChI is InChI=1S/C72H135NO10/c1-4-7-10-13-16-19-22-24-26-28-29-30-31-32-33-34-35-36-37-38-40-42-45-48-51-54-57-60-67(77)83-70-69(79)68(78)66(61-74)82-72(70)81-62-63(64(75)58-55-52-49-46-43-21-18-15-12-9-6-3)73-71(80)65(76)59-56-53-50-47-44-41-39-27-25-23-20-17-14-11-8-5-2/h16,19,24,26,55,58,63-66,68-70,72,74-76,78-79H,4-15,17-18,20-23,25,27-54,56-57,59-62H2,1-3H3,(H,73,80)/b19-16-,26-24-,58-55+. The summed E-state index contributed by atoms with van der Waals surface area (Å²) < 4.78 is 17.7. The summed E-state index contributed by atoms with van der Waals surface area (Å²) in [5.41, 5.74) is 0. The molecular weight excluding hydrogens is 1040 g/mol. The van der Waals surface area contributed by atoms with Gasteiger partial charge in [-0.15, -0.1) is 0 Å². The molecule has 1 saturated heterocycles. The smallest absolute Gasteiger partial charge is 0.306 e. The summed E-state index contributed by atoms with van der Waals surface area (Å²) in [6, 6.07) is -1.02. The van der Waals surface area contributed by atoms with Gasteiger partial charge in [-0.2, -0.15) is 0 Å². The summed E-state index contributed by atoms with van der Waals surface area (Å²) in [5, 5.41) is 57.2. The van der Waals surface area contributed by atoms with E-state index in [1.165, 1.54) is 238 Å². The lowest BCUT2D eigenvalue weighted by Crippen LogP contribution is -2.61. The molecular formula is C72H135NO10. The van der Waals surface area contributed by atoms with Gasteiger partial charge in [-0.25, -0.2) is 0 Å². The van der Waals surface area contributed by atoms with Gasteiger partial charge < -0.3 is 45.1 Å². The molecule has 83 heavy (non-hydrogen) atoms. The SMILES string of the molecule is CCCCC/C=C\C/C=C\CCCCCCCCCCCCCCCCCCCC(=O)OC1C(OCC(NC(=O)C(O)CCCCCCCCCCCCCCCCCC)C(O)/C=C/CCCCCCCCCCC)OC(CO)C(O)C1O. The average Bonchev–Trinajstić information content (AvgIpc) is 3.68. The average molecular weight is 1170 g/mol. The number of aliphatic hydroxyl groups is 5. The minimum absolute atomic E-state index is 0.128. The highest BCUT2D eigenvalue weighted by Crippen LogP contribution is 2.26. The van der Waals surface area contributed by atoms with E-state index in [1.807, 2.05) is 6.08 Å². The summed E-state index contributed by atoms with van der Waals surface area (Å²) in [6.45, 7) is 5.81. The number of esters is 1. The van der Waals surface area contributed by atoms with Gasteiger partial charge in [-0.3, -0.25) is 9.59 Å². The monoisotopic (exact) mass is 1170 g/mol. The third-order valence-electron chi connectivity index (χ3n) is 17.0. The molecule has 0 aliphatic carbocycles. The van der Waals surface area contributed by atoms with Crippen LogP contribution in [0.25, 0.3) is 0 Å². The number of carbonyl (C=O) groups excluding carboxylic acids is 2. The fourth-order valence-corrected chi connectivity index (χ4v) is 11.4. The number of aliphatic hydroxyl groups excluding tert-OH is 5. The van der Waals surface area contributed by atoms with E-state index in [4.69, 9.17) is 14.2 Å². The maximum absolute atomic E-state index is 13.4. The zero-order chi connectivity index (χ0) is 60.3. The molecule has 1 rings (SSSR count). The van der Waals surface area contributed by atoms with Crippen LogP contribution in [0.4, 0.5) is 0 Å². The van der Waals surface area contributed by atoms with Crippen molar-refractivity contribution in [1.29, 1.82) is 0 Å². The minimum Gasteiger partial charge on any atom is -0.454 e. The molecule has 11 heteroatoms. The summed E-state index contributed by atoms with van der Waals surface area (Å²) in [7, 11) is 0. The third kappa shape index (κ3) is 47.6. The van der Waals surface area contributed by atoms with E-state index in [9.17, 15) is 35.1 Å². The summed E-state index contributed by atoms with van der Waals surface area (Å²) in [5.74, 6) is -1.18. The highest BCUT2D eigenvalue weighted by atomic mass is 16.7. The Morgan fingerprint density at radius 3 is 1.25 bits per heavy atom. The maximum atomic E-state index is 13.4. The van der Waals surface area contributed by atoms with Gasteiger partial charge in [0.15, 0.2) is 12.4 Å². The second-order valence-electron chi connectivity index (χ2n) is 25.0. The number of hydrogen-bond donors (Lipinski definition) is 6. The van der Waals surface area contributed by atoms with Gasteiger partial charge in [0, 0.05) is 6.42 Å². The highest BCUT2D eigenvalue weighted by Gasteiger charge is 2.47. The lowest BCUT2D eigenvalue weighted by atomic mass is 9.99. The Labute approximate surface area is 511 Å². The van der Waals surface area contributed by atoms with Gasteiger partial charge >= 0.3 is 5.97 Å². The zero-order valence-electron chi connectivity index (χ0n) is 54.3.